The molecule has 0 atom stereocenters. The topological polar surface area (TPSA) is 17.1 Å². The minimum Gasteiger partial charge on any atom is -0.294 e. The van der Waals surface area contributed by atoms with Crippen LogP contribution in [0.2, 0.25) is 0 Å². The zero-order valence-corrected chi connectivity index (χ0v) is 9.18. The van der Waals surface area contributed by atoms with E-state index in [-0.39, 0.29) is 5.78 Å². The van der Waals surface area contributed by atoms with Crippen molar-refractivity contribution in [3.05, 3.63) is 35.4 Å². The molecule has 76 valence electrons. The van der Waals surface area contributed by atoms with Crippen molar-refractivity contribution < 1.29 is 4.79 Å². The summed E-state index contributed by atoms with van der Waals surface area (Å²) in [6, 6.07) is 7.82. The number of halogens is 1. The van der Waals surface area contributed by atoms with Crippen LogP contribution in [0.4, 0.5) is 0 Å². The van der Waals surface area contributed by atoms with E-state index < -0.39 is 0 Å². The first-order chi connectivity index (χ1) is 6.77. The maximum absolute atomic E-state index is 11.6. The number of carbonyl (C=O) groups is 1. The summed E-state index contributed by atoms with van der Waals surface area (Å²) in [5, 5.41) is 0. The van der Waals surface area contributed by atoms with Crippen LogP contribution in [-0.2, 0) is 6.42 Å². The molecule has 14 heavy (non-hydrogen) atoms. The van der Waals surface area contributed by atoms with E-state index in [1.54, 1.807) is 0 Å². The normalized spacial score (nSPS) is 10.1. The highest BCUT2D eigenvalue weighted by Gasteiger charge is 2.04. The van der Waals surface area contributed by atoms with Crippen molar-refractivity contribution in [2.75, 3.05) is 5.88 Å². The first kappa shape index (κ1) is 11.3. The maximum atomic E-state index is 11.6. The number of benzene rings is 1. The predicted molar refractivity (Wildman–Crippen MR) is 60.1 cm³/mol. The molecule has 0 N–H and O–H groups in total. The highest BCUT2D eigenvalue weighted by atomic mass is 35.5. The monoisotopic (exact) mass is 210 g/mol. The van der Waals surface area contributed by atoms with Gasteiger partial charge in [0.2, 0.25) is 0 Å². The molecule has 0 saturated carbocycles. The first-order valence-electron chi connectivity index (χ1n) is 4.96. The van der Waals surface area contributed by atoms with Crippen LogP contribution in [-0.4, -0.2) is 11.7 Å². The number of alkyl halides is 1. The molecule has 0 unspecified atom stereocenters. The molecule has 0 saturated heterocycles. The molecular formula is C12H15ClO. The molecule has 1 aromatic carbocycles. The molecule has 0 aliphatic carbocycles. The highest BCUT2D eigenvalue weighted by molar-refractivity contribution is 6.18. The van der Waals surface area contributed by atoms with Crippen LogP contribution in [0.3, 0.4) is 0 Å². The molecule has 0 heterocycles. The summed E-state index contributed by atoms with van der Waals surface area (Å²) in [4.78, 5) is 11.6. The second-order valence-corrected chi connectivity index (χ2v) is 3.65. The Morgan fingerprint density at radius 1 is 1.43 bits per heavy atom. The maximum Gasteiger partial charge on any atom is 0.162 e. The van der Waals surface area contributed by atoms with E-state index in [4.69, 9.17) is 11.6 Å². The quantitative estimate of drug-likeness (QED) is 0.538. The number of Topliss-reactive ketones (excluding diaryl/α,β-unsaturated/α-hetero) is 1. The zero-order valence-electron chi connectivity index (χ0n) is 8.42. The molecule has 1 aromatic rings. The largest absolute Gasteiger partial charge is 0.294 e. The van der Waals surface area contributed by atoms with Gasteiger partial charge < -0.3 is 0 Å². The smallest absolute Gasteiger partial charge is 0.162 e. The van der Waals surface area contributed by atoms with Crippen LogP contribution < -0.4 is 0 Å². The molecule has 0 bridgehead atoms. The minimum absolute atomic E-state index is 0.195. The number of ketones is 1. The van der Waals surface area contributed by atoms with Crippen molar-refractivity contribution in [2.45, 2.75) is 26.2 Å². The van der Waals surface area contributed by atoms with Crippen molar-refractivity contribution in [1.82, 2.24) is 0 Å². The van der Waals surface area contributed by atoms with E-state index in [1.165, 1.54) is 5.56 Å². The lowest BCUT2D eigenvalue weighted by Crippen LogP contribution is -1.99. The van der Waals surface area contributed by atoms with Gasteiger partial charge in [0.1, 0.15) is 0 Å². The number of hydrogen-bond donors (Lipinski definition) is 0. The standard InChI is InChI=1S/C12H15ClO/c1-2-10-5-3-6-11(9-10)12(14)7-4-8-13/h3,5-6,9H,2,4,7-8H2,1H3. The van der Waals surface area contributed by atoms with Crippen molar-refractivity contribution in [3.63, 3.8) is 0 Å². The number of hydrogen-bond acceptors (Lipinski definition) is 1. The third-order valence-corrected chi connectivity index (χ3v) is 2.46. The van der Waals surface area contributed by atoms with E-state index in [2.05, 4.69) is 6.92 Å². The van der Waals surface area contributed by atoms with Crippen LogP contribution in [0.15, 0.2) is 24.3 Å². The van der Waals surface area contributed by atoms with Gasteiger partial charge in [0.15, 0.2) is 5.78 Å². The van der Waals surface area contributed by atoms with Gasteiger partial charge in [-0.2, -0.15) is 0 Å². The van der Waals surface area contributed by atoms with Crippen molar-refractivity contribution in [1.29, 1.82) is 0 Å². The number of aryl methyl sites for hydroxylation is 1. The van der Waals surface area contributed by atoms with Gasteiger partial charge in [0, 0.05) is 17.9 Å². The summed E-state index contributed by atoms with van der Waals surface area (Å²) in [5.41, 5.74) is 2.02. The number of carbonyl (C=O) groups excluding carboxylic acids is 1. The fraction of sp³-hybridized carbons (Fsp3) is 0.417. The average molecular weight is 211 g/mol. The summed E-state index contributed by atoms with van der Waals surface area (Å²) >= 11 is 5.54. The lowest BCUT2D eigenvalue weighted by molar-refractivity contribution is 0.0982. The fourth-order valence-electron chi connectivity index (χ4n) is 1.34. The van der Waals surface area contributed by atoms with Gasteiger partial charge in [0.25, 0.3) is 0 Å². The number of rotatable bonds is 5. The van der Waals surface area contributed by atoms with Gasteiger partial charge in [-0.25, -0.2) is 0 Å². The van der Waals surface area contributed by atoms with E-state index in [0.717, 1.165) is 18.4 Å². The van der Waals surface area contributed by atoms with Gasteiger partial charge in [-0.1, -0.05) is 25.1 Å². The Balaban J connectivity index is 2.69. The molecule has 1 rings (SSSR count). The predicted octanol–water partition coefficient (Wildman–Crippen LogP) is 3.45. The lowest BCUT2D eigenvalue weighted by Gasteiger charge is -2.01. The van der Waals surface area contributed by atoms with Crippen molar-refractivity contribution in [2.24, 2.45) is 0 Å². The molecular weight excluding hydrogens is 196 g/mol. The van der Waals surface area contributed by atoms with E-state index in [1.807, 2.05) is 24.3 Å². The Bertz CT molecular complexity index is 307. The Morgan fingerprint density at radius 2 is 2.21 bits per heavy atom. The summed E-state index contributed by atoms with van der Waals surface area (Å²) in [6.45, 7) is 2.09. The summed E-state index contributed by atoms with van der Waals surface area (Å²) in [5.74, 6) is 0.750. The highest BCUT2D eigenvalue weighted by Crippen LogP contribution is 2.09. The molecule has 0 aliphatic rings. The van der Waals surface area contributed by atoms with E-state index in [9.17, 15) is 4.79 Å². The van der Waals surface area contributed by atoms with Crippen molar-refractivity contribution >= 4 is 17.4 Å². The summed E-state index contributed by atoms with van der Waals surface area (Å²) < 4.78 is 0. The molecule has 0 radical (unpaired) electrons. The molecule has 1 nitrogen and oxygen atoms in total. The second-order valence-electron chi connectivity index (χ2n) is 3.27. The summed E-state index contributed by atoms with van der Waals surface area (Å²) in [6.07, 6.45) is 2.28. The van der Waals surface area contributed by atoms with Gasteiger partial charge in [-0.05, 0) is 24.5 Å². The molecule has 0 spiro atoms. The van der Waals surface area contributed by atoms with Gasteiger partial charge in [-0.15, -0.1) is 11.6 Å². The van der Waals surface area contributed by atoms with Gasteiger partial charge >= 0.3 is 0 Å². The molecule has 2 heteroatoms. The Hall–Kier alpha value is -0.820. The zero-order chi connectivity index (χ0) is 10.4. The van der Waals surface area contributed by atoms with Crippen LogP contribution in [0.1, 0.15) is 35.7 Å². The minimum atomic E-state index is 0.195. The van der Waals surface area contributed by atoms with E-state index >= 15 is 0 Å². The third-order valence-electron chi connectivity index (χ3n) is 2.19. The first-order valence-corrected chi connectivity index (χ1v) is 5.49. The Kier molecular flexibility index (Phi) is 4.68. The molecule has 0 fully saturated rings. The Morgan fingerprint density at radius 3 is 2.86 bits per heavy atom. The van der Waals surface area contributed by atoms with Crippen LogP contribution >= 0.6 is 11.6 Å². The van der Waals surface area contributed by atoms with Crippen molar-refractivity contribution in [3.8, 4) is 0 Å². The van der Waals surface area contributed by atoms with Crippen LogP contribution in [0.25, 0.3) is 0 Å². The second kappa shape index (κ2) is 5.82. The van der Waals surface area contributed by atoms with Gasteiger partial charge in [-0.3, -0.25) is 4.79 Å². The average Bonchev–Trinajstić information content (AvgIpc) is 2.26. The molecule has 0 aliphatic heterocycles. The van der Waals surface area contributed by atoms with Crippen LogP contribution in [0.5, 0.6) is 0 Å². The SMILES string of the molecule is CCc1cccc(C(=O)CCCCl)c1. The van der Waals surface area contributed by atoms with Crippen LogP contribution in [0, 0.1) is 0 Å². The van der Waals surface area contributed by atoms with E-state index in [0.29, 0.717) is 12.3 Å². The molecule has 0 amide bonds. The molecule has 0 aromatic heterocycles. The lowest BCUT2D eigenvalue weighted by atomic mass is 10.0. The Labute approximate surface area is 90.1 Å². The van der Waals surface area contributed by atoms with Gasteiger partial charge in [0.05, 0.1) is 0 Å². The fourth-order valence-corrected chi connectivity index (χ4v) is 1.47. The summed E-state index contributed by atoms with van der Waals surface area (Å²) in [7, 11) is 0. The third kappa shape index (κ3) is 3.15.